The van der Waals surface area contributed by atoms with Crippen molar-refractivity contribution in [3.05, 3.63) is 29.8 Å². The van der Waals surface area contributed by atoms with E-state index < -0.39 is 21.1 Å². The van der Waals surface area contributed by atoms with E-state index in [2.05, 4.69) is 0 Å². The topological polar surface area (TPSA) is 34.1 Å². The molecule has 5 heteroatoms. The minimum Gasteiger partial charge on any atom is -0.250 e. The van der Waals surface area contributed by atoms with Crippen LogP contribution in [-0.2, 0) is 14.5 Å². The zero-order chi connectivity index (χ0) is 11.7. The van der Waals surface area contributed by atoms with Gasteiger partial charge in [-0.1, -0.05) is 26.0 Å². The Balaban J connectivity index is 3.12. The van der Waals surface area contributed by atoms with Crippen molar-refractivity contribution in [3.8, 4) is 0 Å². The molecule has 0 radical (unpaired) electrons. The molecule has 0 unspecified atom stereocenters. The van der Waals surface area contributed by atoms with E-state index in [0.29, 0.717) is 0 Å². The Morgan fingerprint density at radius 1 is 1.27 bits per heavy atom. The van der Waals surface area contributed by atoms with E-state index in [4.69, 9.17) is 10.7 Å². The smallest absolute Gasteiger partial charge is 0.250 e. The normalized spacial score (nSPS) is 12.8. The second-order valence-corrected chi connectivity index (χ2v) is 6.55. The zero-order valence-corrected chi connectivity index (χ0v) is 10.1. The highest BCUT2D eigenvalue weighted by molar-refractivity contribution is 8.13. The first kappa shape index (κ1) is 12.5. The van der Waals surface area contributed by atoms with E-state index in [1.807, 2.05) is 0 Å². The van der Waals surface area contributed by atoms with E-state index in [0.717, 1.165) is 5.56 Å². The molecule has 0 spiro atoms. The van der Waals surface area contributed by atoms with Gasteiger partial charge in [0.1, 0.15) is 0 Å². The van der Waals surface area contributed by atoms with Crippen molar-refractivity contribution in [1.29, 1.82) is 0 Å². The predicted octanol–water partition coefficient (Wildman–Crippen LogP) is 2.86. The lowest BCUT2D eigenvalue weighted by Gasteiger charge is -2.20. The third kappa shape index (κ3) is 2.92. The van der Waals surface area contributed by atoms with Crippen LogP contribution in [0.15, 0.2) is 29.2 Å². The van der Waals surface area contributed by atoms with E-state index >= 15 is 0 Å². The van der Waals surface area contributed by atoms with Gasteiger partial charge in [0.15, 0.2) is 0 Å². The van der Waals surface area contributed by atoms with Crippen molar-refractivity contribution >= 4 is 19.7 Å². The molecule has 0 saturated carbocycles. The molecule has 1 rings (SSSR count). The molecule has 0 amide bonds. The standard InChI is InChI=1S/C10H12ClFO2S/c1-10(2,7-12)8-3-5-9(6-4-8)15(11,13)14/h3-6H,7H2,1-2H3. The maximum atomic E-state index is 12.6. The van der Waals surface area contributed by atoms with Crippen LogP contribution in [0.25, 0.3) is 0 Å². The monoisotopic (exact) mass is 250 g/mol. The number of hydrogen-bond acceptors (Lipinski definition) is 2. The average Bonchev–Trinajstić information content (AvgIpc) is 2.17. The van der Waals surface area contributed by atoms with Crippen LogP contribution < -0.4 is 0 Å². The molecule has 2 nitrogen and oxygen atoms in total. The molecule has 0 aliphatic rings. The van der Waals surface area contributed by atoms with Gasteiger partial charge in [-0.2, -0.15) is 0 Å². The fourth-order valence-corrected chi connectivity index (χ4v) is 1.92. The Morgan fingerprint density at radius 3 is 2.07 bits per heavy atom. The van der Waals surface area contributed by atoms with E-state index in [1.54, 1.807) is 26.0 Å². The van der Waals surface area contributed by atoms with Gasteiger partial charge in [-0.3, -0.25) is 4.39 Å². The Bertz CT molecular complexity index is 437. The molecule has 1 aromatic carbocycles. The third-order valence-corrected chi connectivity index (χ3v) is 3.62. The van der Waals surface area contributed by atoms with Gasteiger partial charge in [0.05, 0.1) is 11.6 Å². The summed E-state index contributed by atoms with van der Waals surface area (Å²) >= 11 is 0. The first-order chi connectivity index (χ1) is 6.77. The van der Waals surface area contributed by atoms with Crippen molar-refractivity contribution in [3.63, 3.8) is 0 Å². The molecule has 1 aromatic rings. The summed E-state index contributed by atoms with van der Waals surface area (Å²) in [5.41, 5.74) is 0.142. The number of benzene rings is 1. The van der Waals surface area contributed by atoms with Crippen LogP contribution in [-0.4, -0.2) is 15.1 Å². The summed E-state index contributed by atoms with van der Waals surface area (Å²) in [6, 6.07) is 5.92. The average molecular weight is 251 g/mol. The van der Waals surface area contributed by atoms with E-state index in [-0.39, 0.29) is 4.90 Å². The molecular formula is C10H12ClFO2S. The second-order valence-electron chi connectivity index (χ2n) is 3.98. The summed E-state index contributed by atoms with van der Waals surface area (Å²) in [5.74, 6) is 0. The number of rotatable bonds is 3. The summed E-state index contributed by atoms with van der Waals surface area (Å²) in [6.07, 6.45) is 0. The molecule has 0 heterocycles. The highest BCUT2D eigenvalue weighted by Crippen LogP contribution is 2.25. The van der Waals surface area contributed by atoms with E-state index in [9.17, 15) is 12.8 Å². The SMILES string of the molecule is CC(C)(CF)c1ccc(S(=O)(=O)Cl)cc1. The fraction of sp³-hybridized carbons (Fsp3) is 0.400. The summed E-state index contributed by atoms with van der Waals surface area (Å²) in [7, 11) is 1.46. The second kappa shape index (κ2) is 4.10. The number of hydrogen-bond donors (Lipinski definition) is 0. The molecule has 0 N–H and O–H groups in total. The maximum Gasteiger partial charge on any atom is 0.261 e. The van der Waals surface area contributed by atoms with Gasteiger partial charge in [-0.15, -0.1) is 0 Å². The first-order valence-electron chi connectivity index (χ1n) is 4.38. The van der Waals surface area contributed by atoms with Crippen LogP contribution in [0.3, 0.4) is 0 Å². The van der Waals surface area contributed by atoms with Crippen molar-refractivity contribution < 1.29 is 12.8 Å². The van der Waals surface area contributed by atoms with Crippen molar-refractivity contribution in [2.24, 2.45) is 0 Å². The van der Waals surface area contributed by atoms with Gasteiger partial charge in [-0.25, -0.2) is 8.42 Å². The minimum absolute atomic E-state index is 0.0302. The van der Waals surface area contributed by atoms with Gasteiger partial charge in [-0.05, 0) is 17.7 Å². The molecule has 0 fully saturated rings. The highest BCUT2D eigenvalue weighted by atomic mass is 35.7. The van der Waals surface area contributed by atoms with Crippen molar-refractivity contribution in [2.45, 2.75) is 24.2 Å². The van der Waals surface area contributed by atoms with Crippen LogP contribution >= 0.6 is 10.7 Å². The van der Waals surface area contributed by atoms with Gasteiger partial charge < -0.3 is 0 Å². The largest absolute Gasteiger partial charge is 0.261 e. The number of halogens is 2. The molecule has 15 heavy (non-hydrogen) atoms. The van der Waals surface area contributed by atoms with Gasteiger partial charge in [0, 0.05) is 16.1 Å². The van der Waals surface area contributed by atoms with Crippen molar-refractivity contribution in [1.82, 2.24) is 0 Å². The Kier molecular flexibility index (Phi) is 3.41. The zero-order valence-electron chi connectivity index (χ0n) is 8.50. The molecule has 0 aliphatic heterocycles. The van der Waals surface area contributed by atoms with E-state index in [1.165, 1.54) is 12.1 Å². The minimum atomic E-state index is -3.69. The van der Waals surface area contributed by atoms with Gasteiger partial charge >= 0.3 is 0 Å². The quantitative estimate of drug-likeness (QED) is 0.773. The van der Waals surface area contributed by atoms with Crippen molar-refractivity contribution in [2.75, 3.05) is 6.67 Å². The molecule has 0 atom stereocenters. The summed E-state index contributed by atoms with van der Waals surface area (Å²) in [5, 5.41) is 0. The first-order valence-corrected chi connectivity index (χ1v) is 6.69. The van der Waals surface area contributed by atoms with Crippen LogP contribution in [0.5, 0.6) is 0 Å². The number of alkyl halides is 1. The molecule has 0 aromatic heterocycles. The fourth-order valence-electron chi connectivity index (χ4n) is 1.15. The lowest BCUT2D eigenvalue weighted by molar-refractivity contribution is 0.351. The Hall–Kier alpha value is -0.610. The Morgan fingerprint density at radius 2 is 1.73 bits per heavy atom. The summed E-state index contributed by atoms with van der Waals surface area (Å²) < 4.78 is 34.6. The van der Waals surface area contributed by atoms with Crippen LogP contribution in [0, 0.1) is 0 Å². The maximum absolute atomic E-state index is 12.6. The van der Waals surface area contributed by atoms with Gasteiger partial charge in [0.25, 0.3) is 9.05 Å². The highest BCUT2D eigenvalue weighted by Gasteiger charge is 2.21. The van der Waals surface area contributed by atoms with Crippen LogP contribution in [0.2, 0.25) is 0 Å². The third-order valence-electron chi connectivity index (χ3n) is 2.25. The lowest BCUT2D eigenvalue weighted by atomic mass is 9.86. The predicted molar refractivity (Wildman–Crippen MR) is 58.5 cm³/mol. The molecular weight excluding hydrogens is 239 g/mol. The summed E-state index contributed by atoms with van der Waals surface area (Å²) in [4.78, 5) is 0.0302. The lowest BCUT2D eigenvalue weighted by Crippen LogP contribution is -2.19. The van der Waals surface area contributed by atoms with Gasteiger partial charge in [0.2, 0.25) is 0 Å². The molecule has 0 saturated heterocycles. The summed E-state index contributed by atoms with van der Waals surface area (Å²) in [6.45, 7) is 2.99. The molecule has 84 valence electrons. The molecule has 0 bridgehead atoms. The van der Waals surface area contributed by atoms with Crippen LogP contribution in [0.4, 0.5) is 4.39 Å². The molecule has 0 aliphatic carbocycles. The Labute approximate surface area is 93.5 Å². The van der Waals surface area contributed by atoms with Crippen LogP contribution in [0.1, 0.15) is 19.4 Å².